The van der Waals surface area contributed by atoms with Gasteiger partial charge in [0.05, 0.1) is 24.1 Å². The van der Waals surface area contributed by atoms with Gasteiger partial charge in [-0.15, -0.1) is 0 Å². The van der Waals surface area contributed by atoms with E-state index >= 15 is 0 Å². The van der Waals surface area contributed by atoms with Crippen molar-refractivity contribution in [3.8, 4) is 5.75 Å². The van der Waals surface area contributed by atoms with Gasteiger partial charge in [0, 0.05) is 6.04 Å². The third-order valence-corrected chi connectivity index (χ3v) is 6.49. The van der Waals surface area contributed by atoms with Crippen LogP contribution in [0.15, 0.2) is 54.6 Å². The number of nitrogens with one attached hydrogen (secondary N) is 1. The van der Waals surface area contributed by atoms with Crippen LogP contribution >= 0.6 is 0 Å². The Balaban J connectivity index is 1.85. The smallest absolute Gasteiger partial charge is 0.327 e. The summed E-state index contributed by atoms with van der Waals surface area (Å²) < 4.78 is 5.44. The molecule has 0 saturated carbocycles. The van der Waals surface area contributed by atoms with E-state index < -0.39 is 29.4 Å². The van der Waals surface area contributed by atoms with Crippen LogP contribution in [0.4, 0.5) is 5.69 Å². The van der Waals surface area contributed by atoms with Crippen molar-refractivity contribution in [3.63, 3.8) is 0 Å². The average molecular weight is 437 g/mol. The molecule has 7 heteroatoms. The average Bonchev–Trinajstić information content (AvgIpc) is 3.28. The highest BCUT2D eigenvalue weighted by molar-refractivity contribution is 6.24. The lowest BCUT2D eigenvalue weighted by atomic mass is 9.76. The van der Waals surface area contributed by atoms with Crippen LogP contribution in [0.1, 0.15) is 44.7 Å². The molecule has 0 aliphatic carbocycles. The summed E-state index contributed by atoms with van der Waals surface area (Å²) in [5, 5.41) is 13.1. The maximum Gasteiger partial charge on any atom is 0.327 e. The number of unbranched alkanes of at least 4 members (excludes halogenated alkanes) is 1. The molecular formula is C25H28N2O5. The fraction of sp³-hybridized carbons (Fsp3) is 0.400. The predicted molar refractivity (Wildman–Crippen MR) is 119 cm³/mol. The molecule has 0 radical (unpaired) electrons. The number of aromatic hydroxyl groups is 1. The van der Waals surface area contributed by atoms with E-state index in [0.29, 0.717) is 18.5 Å². The van der Waals surface area contributed by atoms with Crippen molar-refractivity contribution in [3.05, 3.63) is 60.2 Å². The third-order valence-electron chi connectivity index (χ3n) is 6.49. The Kier molecular flexibility index (Phi) is 6.02. The molecule has 2 saturated heterocycles. The first-order chi connectivity index (χ1) is 15.4. The Labute approximate surface area is 187 Å². The number of para-hydroxylation sites is 1. The highest BCUT2D eigenvalue weighted by Gasteiger charge is 2.68. The van der Waals surface area contributed by atoms with Gasteiger partial charge < -0.3 is 9.84 Å². The Morgan fingerprint density at radius 1 is 1.06 bits per heavy atom. The SMILES string of the molecule is CCCC[C@]1(C(=O)OCC)N[C@H](c2ccc(O)cc2)[C@H]2C(=O)N(c3ccccc3)C(=O)[C@@H]21. The highest BCUT2D eigenvalue weighted by Crippen LogP contribution is 2.51. The first kappa shape index (κ1) is 22.0. The minimum absolute atomic E-state index is 0.102. The molecule has 2 aromatic rings. The van der Waals surface area contributed by atoms with Gasteiger partial charge in [-0.3, -0.25) is 19.7 Å². The minimum Gasteiger partial charge on any atom is -0.508 e. The number of esters is 1. The summed E-state index contributed by atoms with van der Waals surface area (Å²) in [5.41, 5.74) is -0.0682. The lowest BCUT2D eigenvalue weighted by Crippen LogP contribution is -2.56. The molecule has 0 unspecified atom stereocenters. The van der Waals surface area contributed by atoms with E-state index in [-0.39, 0.29) is 24.2 Å². The second kappa shape index (κ2) is 8.74. The van der Waals surface area contributed by atoms with Crippen LogP contribution in [-0.2, 0) is 19.1 Å². The van der Waals surface area contributed by atoms with Gasteiger partial charge in [0.25, 0.3) is 0 Å². The molecule has 7 nitrogen and oxygen atoms in total. The molecule has 2 heterocycles. The first-order valence-corrected chi connectivity index (χ1v) is 11.1. The Bertz CT molecular complexity index is 1010. The zero-order chi connectivity index (χ0) is 22.9. The largest absolute Gasteiger partial charge is 0.508 e. The number of imide groups is 1. The molecule has 32 heavy (non-hydrogen) atoms. The number of nitrogens with zero attached hydrogens (tertiary/aromatic N) is 1. The Morgan fingerprint density at radius 2 is 1.75 bits per heavy atom. The van der Waals surface area contributed by atoms with Crippen LogP contribution in [0.25, 0.3) is 0 Å². The second-order valence-corrected chi connectivity index (χ2v) is 8.36. The second-order valence-electron chi connectivity index (χ2n) is 8.36. The normalized spacial score (nSPS) is 26.9. The summed E-state index contributed by atoms with van der Waals surface area (Å²) in [6, 6.07) is 14.8. The number of hydrogen-bond acceptors (Lipinski definition) is 6. The number of carbonyl (C=O) groups excluding carboxylic acids is 3. The van der Waals surface area contributed by atoms with Crippen molar-refractivity contribution in [2.75, 3.05) is 11.5 Å². The highest BCUT2D eigenvalue weighted by atomic mass is 16.5. The van der Waals surface area contributed by atoms with Crippen LogP contribution in [0.5, 0.6) is 5.75 Å². The lowest BCUT2D eigenvalue weighted by molar-refractivity contribution is -0.155. The molecule has 2 N–H and O–H groups in total. The molecule has 0 aromatic heterocycles. The topological polar surface area (TPSA) is 95.9 Å². The number of phenolic OH excluding ortho intramolecular Hbond substituents is 1. The fourth-order valence-corrected chi connectivity index (χ4v) is 5.04. The lowest BCUT2D eigenvalue weighted by Gasteiger charge is -2.33. The van der Waals surface area contributed by atoms with Crippen molar-refractivity contribution < 1.29 is 24.2 Å². The van der Waals surface area contributed by atoms with Gasteiger partial charge in [-0.05, 0) is 43.2 Å². The molecule has 0 bridgehead atoms. The minimum atomic E-state index is -1.30. The maximum atomic E-state index is 13.7. The first-order valence-electron chi connectivity index (χ1n) is 11.1. The number of rotatable bonds is 7. The van der Waals surface area contributed by atoms with Gasteiger partial charge in [-0.1, -0.05) is 50.1 Å². The van der Waals surface area contributed by atoms with Crippen LogP contribution < -0.4 is 10.2 Å². The molecule has 2 aliphatic rings. The van der Waals surface area contributed by atoms with Gasteiger partial charge in [-0.25, -0.2) is 4.90 Å². The molecule has 2 fully saturated rings. The van der Waals surface area contributed by atoms with E-state index in [1.54, 1.807) is 55.5 Å². The molecule has 0 spiro atoms. The Hall–Kier alpha value is -3.19. The van der Waals surface area contributed by atoms with Crippen LogP contribution in [-0.4, -0.2) is 35.0 Å². The number of carbonyl (C=O) groups is 3. The van der Waals surface area contributed by atoms with E-state index in [0.717, 1.165) is 12.0 Å². The molecular weight excluding hydrogens is 408 g/mol. The summed E-state index contributed by atoms with van der Waals surface area (Å²) in [7, 11) is 0. The summed E-state index contributed by atoms with van der Waals surface area (Å²) in [6.45, 7) is 3.92. The number of ether oxygens (including phenoxy) is 1. The standard InChI is InChI=1S/C25H28N2O5/c1-3-5-15-25(24(31)32-4-2)20-19(21(26-25)16-11-13-18(28)14-12-16)22(29)27(23(20)30)17-9-7-6-8-10-17/h6-14,19-21,26,28H,3-5,15H2,1-2H3/t19-,20+,21+,25-/m0/s1. The number of benzene rings is 2. The van der Waals surface area contributed by atoms with Gasteiger partial charge in [0.15, 0.2) is 0 Å². The third kappa shape index (κ3) is 3.46. The zero-order valence-electron chi connectivity index (χ0n) is 18.3. The van der Waals surface area contributed by atoms with Gasteiger partial charge >= 0.3 is 5.97 Å². The van der Waals surface area contributed by atoms with E-state index in [9.17, 15) is 19.5 Å². The van der Waals surface area contributed by atoms with Crippen LogP contribution in [0.2, 0.25) is 0 Å². The number of amides is 2. The molecule has 2 aliphatic heterocycles. The molecule has 168 valence electrons. The van der Waals surface area contributed by atoms with Gasteiger partial charge in [0.2, 0.25) is 11.8 Å². The number of anilines is 1. The van der Waals surface area contributed by atoms with Gasteiger partial charge in [-0.2, -0.15) is 0 Å². The molecule has 2 amide bonds. The van der Waals surface area contributed by atoms with Crippen LogP contribution in [0, 0.1) is 11.8 Å². The van der Waals surface area contributed by atoms with E-state index in [4.69, 9.17) is 4.74 Å². The predicted octanol–water partition coefficient (Wildman–Crippen LogP) is 3.33. The van der Waals surface area contributed by atoms with Crippen molar-refractivity contribution in [2.24, 2.45) is 11.8 Å². The number of phenols is 1. The maximum absolute atomic E-state index is 13.7. The summed E-state index contributed by atoms with van der Waals surface area (Å²) in [5.74, 6) is -2.75. The zero-order valence-corrected chi connectivity index (χ0v) is 18.3. The number of fused-ring (bicyclic) bond motifs is 1. The summed E-state index contributed by atoms with van der Waals surface area (Å²) in [6.07, 6.45) is 1.92. The van der Waals surface area contributed by atoms with Crippen LogP contribution in [0.3, 0.4) is 0 Å². The van der Waals surface area contributed by atoms with Crippen molar-refractivity contribution >= 4 is 23.5 Å². The Morgan fingerprint density at radius 3 is 2.38 bits per heavy atom. The van der Waals surface area contributed by atoms with Gasteiger partial charge in [0.1, 0.15) is 11.3 Å². The van der Waals surface area contributed by atoms with Crippen molar-refractivity contribution in [1.29, 1.82) is 0 Å². The molecule has 4 rings (SSSR count). The van der Waals surface area contributed by atoms with E-state index in [2.05, 4.69) is 5.32 Å². The fourth-order valence-electron chi connectivity index (χ4n) is 5.04. The summed E-state index contributed by atoms with van der Waals surface area (Å²) >= 11 is 0. The van der Waals surface area contributed by atoms with Crippen molar-refractivity contribution in [2.45, 2.75) is 44.7 Å². The van der Waals surface area contributed by atoms with Crippen molar-refractivity contribution in [1.82, 2.24) is 5.32 Å². The monoisotopic (exact) mass is 436 g/mol. The molecule has 2 aromatic carbocycles. The van der Waals surface area contributed by atoms with E-state index in [1.165, 1.54) is 4.90 Å². The molecule has 4 atom stereocenters. The quantitative estimate of drug-likeness (QED) is 0.511. The van der Waals surface area contributed by atoms with E-state index in [1.807, 2.05) is 13.0 Å². The number of hydrogen-bond donors (Lipinski definition) is 2. The summed E-state index contributed by atoms with van der Waals surface area (Å²) in [4.78, 5) is 41.9.